The van der Waals surface area contributed by atoms with Crippen LogP contribution in [0, 0.1) is 5.92 Å². The zero-order chi connectivity index (χ0) is 7.49. The molecule has 3 N–H and O–H groups in total. The van der Waals surface area contributed by atoms with Gasteiger partial charge in [0.05, 0.1) is 0 Å². The van der Waals surface area contributed by atoms with E-state index in [0.717, 1.165) is 6.42 Å². The number of hydrogen-bond donors (Lipinski definition) is 3. The van der Waals surface area contributed by atoms with Gasteiger partial charge in [0.1, 0.15) is 0 Å². The fourth-order valence-corrected chi connectivity index (χ4v) is 1.84. The average Bonchev–Trinajstić information content (AvgIpc) is 1.62. The van der Waals surface area contributed by atoms with E-state index in [-0.39, 0.29) is 12.1 Å². The molecule has 0 saturated carbocycles. The van der Waals surface area contributed by atoms with E-state index in [4.69, 9.17) is 14.7 Å². The van der Waals surface area contributed by atoms with Gasteiger partial charge in [-0.2, -0.15) is 0 Å². The van der Waals surface area contributed by atoms with Crippen LogP contribution in [0.3, 0.4) is 0 Å². The van der Waals surface area contributed by atoms with Crippen molar-refractivity contribution in [2.75, 3.05) is 6.16 Å². The van der Waals surface area contributed by atoms with Gasteiger partial charge in [0.2, 0.25) is 0 Å². The molecule has 0 aliphatic carbocycles. The number of rotatable bonds is 3. The Labute approximate surface area is 55.9 Å². The zero-order valence-electron chi connectivity index (χ0n) is 5.83. The molecular formula is C5H15O3P. The van der Waals surface area contributed by atoms with E-state index in [2.05, 4.69) is 0 Å². The summed E-state index contributed by atoms with van der Waals surface area (Å²) < 4.78 is 0. The molecule has 0 aliphatic heterocycles. The second-order valence-corrected chi connectivity index (χ2v) is 4.45. The molecule has 0 aromatic carbocycles. The van der Waals surface area contributed by atoms with Crippen molar-refractivity contribution in [2.45, 2.75) is 20.3 Å². The van der Waals surface area contributed by atoms with Crippen LogP contribution < -0.4 is 0 Å². The van der Waals surface area contributed by atoms with Crippen molar-refractivity contribution in [3.63, 3.8) is 0 Å². The fraction of sp³-hybridized carbons (Fsp3) is 1.00. The Morgan fingerprint density at radius 3 is 1.89 bits per heavy atom. The van der Waals surface area contributed by atoms with E-state index < -0.39 is 7.94 Å². The molecule has 0 fully saturated rings. The summed E-state index contributed by atoms with van der Waals surface area (Å²) in [7, 11) is -3.74. The third-order valence-electron chi connectivity index (χ3n) is 1.32. The van der Waals surface area contributed by atoms with Crippen LogP contribution in [0.15, 0.2) is 0 Å². The van der Waals surface area contributed by atoms with Crippen molar-refractivity contribution in [1.29, 1.82) is 0 Å². The van der Waals surface area contributed by atoms with Crippen LogP contribution in [0.1, 0.15) is 20.3 Å². The SMILES string of the molecule is CCC(C)C[PH](O)(O)O. The van der Waals surface area contributed by atoms with Gasteiger partial charge >= 0.3 is 55.0 Å². The molecule has 3 nitrogen and oxygen atoms in total. The molecule has 9 heavy (non-hydrogen) atoms. The topological polar surface area (TPSA) is 60.7 Å². The Morgan fingerprint density at radius 1 is 1.33 bits per heavy atom. The molecule has 0 aromatic rings. The maximum atomic E-state index is 8.57. The molecule has 1 unspecified atom stereocenters. The van der Waals surface area contributed by atoms with Gasteiger partial charge in [-0.05, 0) is 0 Å². The Bertz CT molecular complexity index is 78.8. The van der Waals surface area contributed by atoms with Gasteiger partial charge in [-0.1, -0.05) is 0 Å². The second kappa shape index (κ2) is 3.47. The molecule has 0 amide bonds. The molecule has 0 bridgehead atoms. The van der Waals surface area contributed by atoms with Crippen molar-refractivity contribution in [3.8, 4) is 0 Å². The molecule has 0 rings (SSSR count). The van der Waals surface area contributed by atoms with E-state index in [1.165, 1.54) is 0 Å². The first-order chi connectivity index (χ1) is 3.95. The van der Waals surface area contributed by atoms with Crippen LogP contribution in [0.25, 0.3) is 0 Å². The second-order valence-electron chi connectivity index (χ2n) is 2.49. The molecule has 0 radical (unpaired) electrons. The van der Waals surface area contributed by atoms with E-state index in [1.54, 1.807) is 0 Å². The van der Waals surface area contributed by atoms with Crippen molar-refractivity contribution >= 4 is 7.94 Å². The predicted molar refractivity (Wildman–Crippen MR) is 39.3 cm³/mol. The van der Waals surface area contributed by atoms with Gasteiger partial charge in [0, 0.05) is 0 Å². The summed E-state index contributed by atoms with van der Waals surface area (Å²) in [6.07, 6.45) is 1.03. The molecule has 0 saturated heterocycles. The summed E-state index contributed by atoms with van der Waals surface area (Å²) in [4.78, 5) is 25.7. The normalized spacial score (nSPS) is 17.4. The summed E-state index contributed by atoms with van der Waals surface area (Å²) >= 11 is 0. The first kappa shape index (κ1) is 9.31. The van der Waals surface area contributed by atoms with Crippen LogP contribution in [0.2, 0.25) is 0 Å². The van der Waals surface area contributed by atoms with Crippen molar-refractivity contribution in [3.05, 3.63) is 0 Å². The Kier molecular flexibility index (Phi) is 3.59. The summed E-state index contributed by atoms with van der Waals surface area (Å²) in [5.41, 5.74) is 0. The van der Waals surface area contributed by atoms with E-state index >= 15 is 0 Å². The molecule has 0 heterocycles. The average molecular weight is 154 g/mol. The zero-order valence-corrected chi connectivity index (χ0v) is 6.83. The van der Waals surface area contributed by atoms with Crippen LogP contribution in [0.5, 0.6) is 0 Å². The van der Waals surface area contributed by atoms with Gasteiger partial charge in [0.25, 0.3) is 0 Å². The van der Waals surface area contributed by atoms with Gasteiger partial charge in [-0.15, -0.1) is 0 Å². The van der Waals surface area contributed by atoms with E-state index in [0.29, 0.717) is 0 Å². The van der Waals surface area contributed by atoms with Crippen LogP contribution in [-0.2, 0) is 0 Å². The van der Waals surface area contributed by atoms with E-state index in [1.807, 2.05) is 13.8 Å². The fourth-order valence-electron chi connectivity index (χ4n) is 0.612. The first-order valence-electron chi connectivity index (χ1n) is 3.13. The van der Waals surface area contributed by atoms with Crippen LogP contribution >= 0.6 is 7.94 Å². The van der Waals surface area contributed by atoms with Crippen molar-refractivity contribution < 1.29 is 14.7 Å². The van der Waals surface area contributed by atoms with Crippen molar-refractivity contribution in [1.82, 2.24) is 0 Å². The third-order valence-corrected chi connectivity index (χ3v) is 2.56. The predicted octanol–water partition coefficient (Wildman–Crippen LogP) is 0.504. The quantitative estimate of drug-likeness (QED) is 0.519. The van der Waals surface area contributed by atoms with Gasteiger partial charge < -0.3 is 0 Å². The molecule has 0 aromatic heterocycles. The first-order valence-corrected chi connectivity index (χ1v) is 5.17. The van der Waals surface area contributed by atoms with Crippen LogP contribution in [0.4, 0.5) is 0 Å². The maximum absolute atomic E-state index is 8.57. The van der Waals surface area contributed by atoms with Gasteiger partial charge in [-0.25, -0.2) is 0 Å². The van der Waals surface area contributed by atoms with Crippen molar-refractivity contribution in [2.24, 2.45) is 5.92 Å². The van der Waals surface area contributed by atoms with E-state index in [9.17, 15) is 0 Å². The molecule has 1 atom stereocenters. The minimum absolute atomic E-state index is 0.156. The minimum atomic E-state index is -3.74. The van der Waals surface area contributed by atoms with Crippen LogP contribution in [-0.4, -0.2) is 20.8 Å². The standard InChI is InChI=1S/C5H15O3P/c1-3-5(2)4-9(6,7)8/h5-9H,3-4H2,1-2H3. The molecule has 4 heteroatoms. The monoisotopic (exact) mass is 154 g/mol. The molecule has 0 aliphatic rings. The molecule has 0 spiro atoms. The number of hydrogen-bond acceptors (Lipinski definition) is 3. The molecule has 58 valence electrons. The van der Waals surface area contributed by atoms with Gasteiger partial charge in [-0.3, -0.25) is 0 Å². The Morgan fingerprint density at radius 2 is 1.78 bits per heavy atom. The summed E-state index contributed by atoms with van der Waals surface area (Å²) in [5.74, 6) is 0.205. The Hall–Kier alpha value is 0.310. The summed E-state index contributed by atoms with van der Waals surface area (Å²) in [5, 5.41) is 0. The summed E-state index contributed by atoms with van der Waals surface area (Å²) in [6.45, 7) is 3.83. The third kappa shape index (κ3) is 6.19. The molecular weight excluding hydrogens is 139 g/mol. The Balaban J connectivity index is 3.47. The summed E-state index contributed by atoms with van der Waals surface area (Å²) in [6, 6.07) is 0. The van der Waals surface area contributed by atoms with Gasteiger partial charge in [0.15, 0.2) is 0 Å².